The molecule has 0 aromatic heterocycles. The molecular formula is C10H10F3NO2S. The second-order valence-electron chi connectivity index (χ2n) is 3.12. The fourth-order valence-electron chi connectivity index (χ4n) is 1.15. The first kappa shape index (κ1) is 13.7. The topological polar surface area (TPSA) is 44.5 Å². The summed E-state index contributed by atoms with van der Waals surface area (Å²) >= 11 is 4.62. The standard InChI is InChI=1S/C10H10F3NO2S/c1-15-5-16-8-3-2-6(9(14)17)4-7(8)10(11,12)13/h2-4H,5H2,1H3,(H2,14,17). The molecule has 0 aliphatic heterocycles. The second-order valence-corrected chi connectivity index (χ2v) is 3.56. The van der Waals surface area contributed by atoms with Crippen molar-refractivity contribution in [3.05, 3.63) is 29.3 Å². The lowest BCUT2D eigenvalue weighted by molar-refractivity contribution is -0.139. The highest BCUT2D eigenvalue weighted by Crippen LogP contribution is 2.36. The Balaban J connectivity index is 3.17. The van der Waals surface area contributed by atoms with Crippen molar-refractivity contribution in [1.29, 1.82) is 0 Å². The van der Waals surface area contributed by atoms with Gasteiger partial charge < -0.3 is 15.2 Å². The van der Waals surface area contributed by atoms with E-state index in [0.717, 1.165) is 12.1 Å². The highest BCUT2D eigenvalue weighted by molar-refractivity contribution is 7.80. The molecule has 0 amide bonds. The Kier molecular flexibility index (Phi) is 4.30. The molecule has 0 heterocycles. The summed E-state index contributed by atoms with van der Waals surface area (Å²) in [6.45, 7) is -0.268. The van der Waals surface area contributed by atoms with E-state index < -0.39 is 11.7 Å². The van der Waals surface area contributed by atoms with Gasteiger partial charge in [0.15, 0.2) is 6.79 Å². The maximum Gasteiger partial charge on any atom is 0.419 e. The van der Waals surface area contributed by atoms with Gasteiger partial charge in [0.05, 0.1) is 5.56 Å². The van der Waals surface area contributed by atoms with Crippen LogP contribution in [0.4, 0.5) is 13.2 Å². The van der Waals surface area contributed by atoms with Gasteiger partial charge in [-0.15, -0.1) is 0 Å². The number of halogens is 3. The number of methoxy groups -OCH3 is 1. The Morgan fingerprint density at radius 2 is 2.06 bits per heavy atom. The largest absolute Gasteiger partial charge is 0.467 e. The Hall–Kier alpha value is -1.34. The Bertz CT molecular complexity index is 421. The summed E-state index contributed by atoms with van der Waals surface area (Å²) in [6, 6.07) is 3.38. The highest BCUT2D eigenvalue weighted by atomic mass is 32.1. The molecule has 0 aliphatic rings. The van der Waals surface area contributed by atoms with Crippen LogP contribution >= 0.6 is 12.2 Å². The number of ether oxygens (including phenoxy) is 2. The molecule has 0 saturated heterocycles. The van der Waals surface area contributed by atoms with Crippen molar-refractivity contribution in [2.75, 3.05) is 13.9 Å². The van der Waals surface area contributed by atoms with Gasteiger partial charge in [0.2, 0.25) is 0 Å². The van der Waals surface area contributed by atoms with Gasteiger partial charge in [-0.3, -0.25) is 0 Å². The van der Waals surface area contributed by atoms with Crippen LogP contribution in [0.5, 0.6) is 5.75 Å². The molecule has 0 radical (unpaired) electrons. The lowest BCUT2D eigenvalue weighted by Crippen LogP contribution is -2.14. The van der Waals surface area contributed by atoms with Gasteiger partial charge in [-0.2, -0.15) is 13.2 Å². The van der Waals surface area contributed by atoms with Crippen LogP contribution < -0.4 is 10.5 Å². The van der Waals surface area contributed by atoms with E-state index in [0.29, 0.717) is 0 Å². The number of hydrogen-bond donors (Lipinski definition) is 1. The molecule has 17 heavy (non-hydrogen) atoms. The predicted molar refractivity (Wildman–Crippen MR) is 59.8 cm³/mol. The lowest BCUT2D eigenvalue weighted by atomic mass is 10.1. The van der Waals surface area contributed by atoms with E-state index in [1.165, 1.54) is 13.2 Å². The van der Waals surface area contributed by atoms with Crippen molar-refractivity contribution in [2.45, 2.75) is 6.18 Å². The summed E-state index contributed by atoms with van der Waals surface area (Å²) in [7, 11) is 1.32. The average Bonchev–Trinajstić information content (AvgIpc) is 2.24. The molecule has 1 rings (SSSR count). The third-order valence-corrected chi connectivity index (χ3v) is 2.14. The van der Waals surface area contributed by atoms with Crippen molar-refractivity contribution < 1.29 is 22.6 Å². The third kappa shape index (κ3) is 3.57. The number of benzene rings is 1. The molecule has 0 saturated carbocycles. The van der Waals surface area contributed by atoms with Gasteiger partial charge in [0.1, 0.15) is 10.7 Å². The van der Waals surface area contributed by atoms with Gasteiger partial charge in [-0.1, -0.05) is 12.2 Å². The zero-order chi connectivity index (χ0) is 13.1. The first-order chi connectivity index (χ1) is 7.86. The molecule has 0 unspecified atom stereocenters. The number of alkyl halides is 3. The number of thiocarbonyl (C=S) groups is 1. The second kappa shape index (κ2) is 5.33. The van der Waals surface area contributed by atoms with Crippen LogP contribution in [0.25, 0.3) is 0 Å². The van der Waals surface area contributed by atoms with E-state index in [9.17, 15) is 13.2 Å². The predicted octanol–water partition coefficient (Wildman–Crippen LogP) is 2.32. The number of nitrogens with two attached hydrogens (primary N) is 1. The van der Waals surface area contributed by atoms with E-state index in [1.54, 1.807) is 0 Å². The Morgan fingerprint density at radius 1 is 1.41 bits per heavy atom. The summed E-state index contributed by atoms with van der Waals surface area (Å²) in [5.41, 5.74) is 4.48. The summed E-state index contributed by atoms with van der Waals surface area (Å²) in [6.07, 6.45) is -4.54. The summed E-state index contributed by atoms with van der Waals surface area (Å²) in [5.74, 6) is -0.320. The summed E-state index contributed by atoms with van der Waals surface area (Å²) in [5, 5.41) is 0. The zero-order valence-corrected chi connectivity index (χ0v) is 9.69. The zero-order valence-electron chi connectivity index (χ0n) is 8.88. The van der Waals surface area contributed by atoms with Gasteiger partial charge in [-0.05, 0) is 18.2 Å². The number of hydrogen-bond acceptors (Lipinski definition) is 3. The maximum atomic E-state index is 12.7. The fraction of sp³-hybridized carbons (Fsp3) is 0.300. The molecule has 1 aromatic rings. The van der Waals surface area contributed by atoms with Crippen LogP contribution in [0.1, 0.15) is 11.1 Å². The molecule has 0 spiro atoms. The molecule has 94 valence electrons. The van der Waals surface area contributed by atoms with E-state index in [4.69, 9.17) is 10.5 Å². The SMILES string of the molecule is COCOc1ccc(C(N)=S)cc1C(F)(F)F. The van der Waals surface area contributed by atoms with Gasteiger partial charge >= 0.3 is 6.18 Å². The molecule has 1 aromatic carbocycles. The fourth-order valence-corrected chi connectivity index (χ4v) is 1.28. The first-order valence-corrected chi connectivity index (χ1v) is 4.90. The van der Waals surface area contributed by atoms with E-state index in [-0.39, 0.29) is 23.1 Å². The highest BCUT2D eigenvalue weighted by Gasteiger charge is 2.34. The quantitative estimate of drug-likeness (QED) is 0.670. The van der Waals surface area contributed by atoms with Crippen molar-refractivity contribution in [1.82, 2.24) is 0 Å². The van der Waals surface area contributed by atoms with Gasteiger partial charge in [0, 0.05) is 12.7 Å². The van der Waals surface area contributed by atoms with Crippen LogP contribution in [-0.2, 0) is 10.9 Å². The van der Waals surface area contributed by atoms with Gasteiger partial charge in [0.25, 0.3) is 0 Å². The van der Waals surface area contributed by atoms with Crippen LogP contribution in [0.2, 0.25) is 0 Å². The molecule has 0 bridgehead atoms. The summed E-state index contributed by atoms with van der Waals surface area (Å²) in [4.78, 5) is -0.103. The Labute approximate surface area is 101 Å². The van der Waals surface area contributed by atoms with Crippen LogP contribution in [-0.4, -0.2) is 18.9 Å². The molecule has 0 fully saturated rings. The molecule has 3 nitrogen and oxygen atoms in total. The molecule has 2 N–H and O–H groups in total. The minimum absolute atomic E-state index is 0.103. The Morgan fingerprint density at radius 3 is 2.53 bits per heavy atom. The average molecular weight is 265 g/mol. The summed E-state index contributed by atoms with van der Waals surface area (Å²) < 4.78 is 47.5. The van der Waals surface area contributed by atoms with Crippen LogP contribution in [0.3, 0.4) is 0 Å². The van der Waals surface area contributed by atoms with Crippen molar-refractivity contribution in [3.63, 3.8) is 0 Å². The van der Waals surface area contributed by atoms with Crippen LogP contribution in [0, 0.1) is 0 Å². The van der Waals surface area contributed by atoms with E-state index >= 15 is 0 Å². The number of rotatable bonds is 4. The smallest absolute Gasteiger partial charge is 0.419 e. The van der Waals surface area contributed by atoms with Crippen molar-refractivity contribution >= 4 is 17.2 Å². The van der Waals surface area contributed by atoms with E-state index in [1.807, 2.05) is 0 Å². The van der Waals surface area contributed by atoms with E-state index in [2.05, 4.69) is 17.0 Å². The third-order valence-electron chi connectivity index (χ3n) is 1.90. The molecule has 7 heteroatoms. The lowest BCUT2D eigenvalue weighted by Gasteiger charge is -2.14. The minimum Gasteiger partial charge on any atom is -0.467 e. The monoisotopic (exact) mass is 265 g/mol. The molecule has 0 aliphatic carbocycles. The van der Waals surface area contributed by atoms with Gasteiger partial charge in [-0.25, -0.2) is 0 Å². The normalized spacial score (nSPS) is 11.3. The molecule has 0 atom stereocenters. The van der Waals surface area contributed by atoms with Crippen molar-refractivity contribution in [2.24, 2.45) is 5.73 Å². The van der Waals surface area contributed by atoms with Crippen LogP contribution in [0.15, 0.2) is 18.2 Å². The minimum atomic E-state index is -4.54. The van der Waals surface area contributed by atoms with Crippen molar-refractivity contribution in [3.8, 4) is 5.75 Å². The maximum absolute atomic E-state index is 12.7. The molecular weight excluding hydrogens is 255 g/mol. The first-order valence-electron chi connectivity index (χ1n) is 4.49.